The highest BCUT2D eigenvalue weighted by Gasteiger charge is 2.02. The summed E-state index contributed by atoms with van der Waals surface area (Å²) in [6, 6.07) is 17.8. The second-order valence-electron chi connectivity index (χ2n) is 5.11. The van der Waals surface area contributed by atoms with E-state index in [0.29, 0.717) is 13.1 Å². The van der Waals surface area contributed by atoms with Gasteiger partial charge in [-0.1, -0.05) is 60.1 Å². The molecule has 4 heteroatoms. The van der Waals surface area contributed by atoms with Crippen molar-refractivity contribution < 1.29 is 4.79 Å². The zero-order valence-electron chi connectivity index (χ0n) is 12.5. The van der Waals surface area contributed by atoms with Crippen molar-refractivity contribution in [3.05, 3.63) is 70.7 Å². The lowest BCUT2D eigenvalue weighted by molar-refractivity contribution is 0.241. The number of hydrogen-bond acceptors (Lipinski definition) is 1. The number of urea groups is 1. The van der Waals surface area contributed by atoms with E-state index in [1.165, 1.54) is 5.56 Å². The molecule has 0 aliphatic heterocycles. The van der Waals surface area contributed by atoms with Crippen LogP contribution in [0, 0.1) is 0 Å². The van der Waals surface area contributed by atoms with Crippen LogP contribution in [0.5, 0.6) is 0 Å². The van der Waals surface area contributed by atoms with Crippen molar-refractivity contribution in [3.8, 4) is 0 Å². The highest BCUT2D eigenvalue weighted by Crippen LogP contribution is 2.14. The van der Waals surface area contributed by atoms with Crippen molar-refractivity contribution in [3.63, 3.8) is 0 Å². The first kappa shape index (κ1) is 16.4. The van der Waals surface area contributed by atoms with E-state index in [4.69, 9.17) is 11.6 Å². The molecule has 0 heterocycles. The van der Waals surface area contributed by atoms with E-state index in [1.54, 1.807) is 0 Å². The fourth-order valence-corrected chi connectivity index (χ4v) is 2.44. The average Bonchev–Trinajstić information content (AvgIpc) is 2.54. The lowest BCUT2D eigenvalue weighted by Crippen LogP contribution is -2.37. The first-order valence-electron chi connectivity index (χ1n) is 7.55. The predicted octanol–water partition coefficient (Wildman–Crippen LogP) is 3.81. The van der Waals surface area contributed by atoms with Crippen LogP contribution in [0.1, 0.15) is 17.5 Å². The third kappa shape index (κ3) is 5.78. The summed E-state index contributed by atoms with van der Waals surface area (Å²) >= 11 is 6.07. The first-order valence-corrected chi connectivity index (χ1v) is 7.92. The van der Waals surface area contributed by atoms with Gasteiger partial charge < -0.3 is 10.6 Å². The Morgan fingerprint density at radius 1 is 0.864 bits per heavy atom. The van der Waals surface area contributed by atoms with E-state index < -0.39 is 0 Å². The summed E-state index contributed by atoms with van der Waals surface area (Å²) in [7, 11) is 0. The monoisotopic (exact) mass is 316 g/mol. The van der Waals surface area contributed by atoms with Crippen LogP contribution in [0.15, 0.2) is 54.6 Å². The summed E-state index contributed by atoms with van der Waals surface area (Å²) in [4.78, 5) is 11.7. The molecule has 0 fully saturated rings. The van der Waals surface area contributed by atoms with Gasteiger partial charge in [0.25, 0.3) is 0 Å². The van der Waals surface area contributed by atoms with Crippen LogP contribution < -0.4 is 10.6 Å². The van der Waals surface area contributed by atoms with Crippen LogP contribution in [0.4, 0.5) is 4.79 Å². The molecule has 116 valence electrons. The van der Waals surface area contributed by atoms with E-state index in [0.717, 1.165) is 29.8 Å². The Morgan fingerprint density at radius 2 is 1.55 bits per heavy atom. The van der Waals surface area contributed by atoms with Crippen LogP contribution in [-0.2, 0) is 12.8 Å². The Hall–Kier alpha value is -2.00. The maximum atomic E-state index is 11.7. The normalized spacial score (nSPS) is 10.2. The van der Waals surface area contributed by atoms with E-state index in [1.807, 2.05) is 42.5 Å². The second-order valence-corrected chi connectivity index (χ2v) is 5.52. The van der Waals surface area contributed by atoms with Gasteiger partial charge in [0.2, 0.25) is 0 Å². The standard InChI is InChI=1S/C18H21ClN2O/c19-17-11-5-4-10-16(17)12-14-21-18(22)20-13-6-9-15-7-2-1-3-8-15/h1-5,7-8,10-11H,6,9,12-14H2,(H2,20,21,22). The number of aryl methyl sites for hydroxylation is 1. The minimum atomic E-state index is -0.125. The number of rotatable bonds is 7. The quantitative estimate of drug-likeness (QED) is 0.749. The molecule has 0 unspecified atom stereocenters. The minimum Gasteiger partial charge on any atom is -0.338 e. The number of carbonyl (C=O) groups excluding carboxylic acids is 1. The average molecular weight is 317 g/mol. The molecule has 2 N–H and O–H groups in total. The number of nitrogens with one attached hydrogen (secondary N) is 2. The number of benzene rings is 2. The molecule has 0 spiro atoms. The largest absolute Gasteiger partial charge is 0.338 e. The Morgan fingerprint density at radius 3 is 2.32 bits per heavy atom. The SMILES string of the molecule is O=C(NCCCc1ccccc1)NCCc1ccccc1Cl. The fourth-order valence-electron chi connectivity index (χ4n) is 2.21. The third-order valence-corrected chi connectivity index (χ3v) is 3.78. The third-order valence-electron chi connectivity index (χ3n) is 3.41. The maximum Gasteiger partial charge on any atom is 0.314 e. The van der Waals surface area contributed by atoms with E-state index >= 15 is 0 Å². The molecule has 2 aromatic rings. The van der Waals surface area contributed by atoms with Gasteiger partial charge in [0.1, 0.15) is 0 Å². The van der Waals surface area contributed by atoms with Gasteiger partial charge in [-0.3, -0.25) is 0 Å². The molecule has 3 nitrogen and oxygen atoms in total. The zero-order valence-corrected chi connectivity index (χ0v) is 13.3. The van der Waals surface area contributed by atoms with E-state index in [2.05, 4.69) is 22.8 Å². The molecule has 0 saturated heterocycles. The summed E-state index contributed by atoms with van der Waals surface area (Å²) in [6.45, 7) is 1.25. The molecule has 0 saturated carbocycles. The number of hydrogen-bond donors (Lipinski definition) is 2. The highest BCUT2D eigenvalue weighted by molar-refractivity contribution is 6.31. The van der Waals surface area contributed by atoms with Crippen molar-refractivity contribution in [1.29, 1.82) is 0 Å². The van der Waals surface area contributed by atoms with Gasteiger partial charge in [-0.15, -0.1) is 0 Å². The number of halogens is 1. The van der Waals surface area contributed by atoms with Gasteiger partial charge in [-0.05, 0) is 36.5 Å². The number of amides is 2. The van der Waals surface area contributed by atoms with Crippen molar-refractivity contribution in [2.75, 3.05) is 13.1 Å². The Labute approximate surface area is 136 Å². The molecule has 0 aliphatic rings. The van der Waals surface area contributed by atoms with Crippen molar-refractivity contribution in [2.24, 2.45) is 0 Å². The van der Waals surface area contributed by atoms with Crippen LogP contribution in [0.2, 0.25) is 5.02 Å². The van der Waals surface area contributed by atoms with Crippen LogP contribution >= 0.6 is 11.6 Å². The van der Waals surface area contributed by atoms with Gasteiger partial charge in [-0.25, -0.2) is 4.79 Å². The highest BCUT2D eigenvalue weighted by atomic mass is 35.5. The fraction of sp³-hybridized carbons (Fsp3) is 0.278. The smallest absolute Gasteiger partial charge is 0.314 e. The van der Waals surface area contributed by atoms with Crippen LogP contribution in [0.25, 0.3) is 0 Å². The molecular weight excluding hydrogens is 296 g/mol. The van der Waals surface area contributed by atoms with Crippen molar-refractivity contribution >= 4 is 17.6 Å². The molecule has 2 rings (SSSR count). The molecule has 0 radical (unpaired) electrons. The first-order chi connectivity index (χ1) is 10.8. The number of carbonyl (C=O) groups is 1. The minimum absolute atomic E-state index is 0.125. The second kappa shape index (κ2) is 9.11. The van der Waals surface area contributed by atoms with Gasteiger partial charge in [-0.2, -0.15) is 0 Å². The zero-order chi connectivity index (χ0) is 15.6. The summed E-state index contributed by atoms with van der Waals surface area (Å²) in [6.07, 6.45) is 2.64. The lowest BCUT2D eigenvalue weighted by Gasteiger charge is -2.08. The molecule has 0 aromatic heterocycles. The van der Waals surface area contributed by atoms with Crippen LogP contribution in [0.3, 0.4) is 0 Å². The van der Waals surface area contributed by atoms with E-state index in [-0.39, 0.29) is 6.03 Å². The lowest BCUT2D eigenvalue weighted by atomic mass is 10.1. The topological polar surface area (TPSA) is 41.1 Å². The Kier molecular flexibility index (Phi) is 6.78. The van der Waals surface area contributed by atoms with Gasteiger partial charge in [0.05, 0.1) is 0 Å². The molecule has 2 amide bonds. The molecule has 2 aromatic carbocycles. The molecule has 0 aliphatic carbocycles. The summed E-state index contributed by atoms with van der Waals surface area (Å²) < 4.78 is 0. The maximum absolute atomic E-state index is 11.7. The molecule has 22 heavy (non-hydrogen) atoms. The van der Waals surface area contributed by atoms with Crippen molar-refractivity contribution in [2.45, 2.75) is 19.3 Å². The van der Waals surface area contributed by atoms with Gasteiger partial charge >= 0.3 is 6.03 Å². The van der Waals surface area contributed by atoms with Gasteiger partial charge in [0.15, 0.2) is 0 Å². The Balaban J connectivity index is 1.57. The Bertz CT molecular complexity index is 587. The van der Waals surface area contributed by atoms with Gasteiger partial charge in [0, 0.05) is 18.1 Å². The molecule has 0 atom stereocenters. The van der Waals surface area contributed by atoms with Crippen LogP contribution in [-0.4, -0.2) is 19.1 Å². The summed E-state index contributed by atoms with van der Waals surface area (Å²) in [5.74, 6) is 0. The molecular formula is C18H21ClN2O. The summed E-state index contributed by atoms with van der Waals surface area (Å²) in [5, 5.41) is 6.46. The van der Waals surface area contributed by atoms with E-state index in [9.17, 15) is 4.79 Å². The van der Waals surface area contributed by atoms with Crippen molar-refractivity contribution in [1.82, 2.24) is 10.6 Å². The summed E-state index contributed by atoms with van der Waals surface area (Å²) in [5.41, 5.74) is 2.34. The molecule has 0 bridgehead atoms. The predicted molar refractivity (Wildman–Crippen MR) is 91.3 cm³/mol.